The van der Waals surface area contributed by atoms with E-state index in [0.717, 1.165) is 6.29 Å². The average molecular weight is 944 g/mol. The second-order valence-electron chi connectivity index (χ2n) is 19.6. The van der Waals surface area contributed by atoms with Crippen LogP contribution in [0.25, 0.3) is 0 Å². The van der Waals surface area contributed by atoms with E-state index in [-0.39, 0.29) is 43.7 Å². The van der Waals surface area contributed by atoms with Crippen molar-refractivity contribution in [1.82, 2.24) is 25.8 Å². The summed E-state index contributed by atoms with van der Waals surface area (Å²) in [6.07, 6.45) is 1.26. The van der Waals surface area contributed by atoms with Gasteiger partial charge in [-0.2, -0.15) is 0 Å². The molecule has 1 heterocycles. The Morgan fingerprint density at radius 1 is 0.701 bits per heavy atom. The number of fused-ring (bicyclic) bond motifs is 2. The molecular weight excluding hydrogens is 871 g/mol. The van der Waals surface area contributed by atoms with Crippen molar-refractivity contribution in [3.63, 3.8) is 0 Å². The molecule has 2 aliphatic rings. The van der Waals surface area contributed by atoms with E-state index in [4.69, 9.17) is 37.9 Å². The molecule has 67 heavy (non-hydrogen) atoms. The number of unbranched alkanes of at least 4 members (excludes halogenated alkanes) is 1. The summed E-state index contributed by atoms with van der Waals surface area (Å²) in [6.45, 7) is 18.0. The SMILES string of the molecule is COC[C@@H]1[C@H](NC(=O)NCCCN(CCCCN(CCCNC(=O)OC(C)(C)C)C(=O)OC(C)(C)C)C(=O)OC(C)(C)C)c2cc3c(cc2C(c2cc(OC)c(O)c(OC)c2)[C@H]1C=O)OCO3. The minimum Gasteiger partial charge on any atom is -0.502 e. The van der Waals surface area contributed by atoms with Crippen LogP contribution in [0.2, 0.25) is 0 Å². The number of urea groups is 1. The first kappa shape index (κ1) is 53.8. The summed E-state index contributed by atoms with van der Waals surface area (Å²) in [4.78, 5) is 68.8. The first-order chi connectivity index (χ1) is 31.5. The van der Waals surface area contributed by atoms with Crippen molar-refractivity contribution in [3.8, 4) is 28.7 Å². The Labute approximate surface area is 394 Å². The first-order valence-corrected chi connectivity index (χ1v) is 22.8. The lowest BCUT2D eigenvalue weighted by Gasteiger charge is -2.42. The maximum Gasteiger partial charge on any atom is 0.410 e. The number of benzene rings is 2. The van der Waals surface area contributed by atoms with E-state index >= 15 is 0 Å². The largest absolute Gasteiger partial charge is 0.502 e. The summed E-state index contributed by atoms with van der Waals surface area (Å²) in [5.74, 6) is -0.749. The maximum absolute atomic E-state index is 13.8. The zero-order valence-electron chi connectivity index (χ0n) is 41.3. The van der Waals surface area contributed by atoms with Gasteiger partial charge in [-0.1, -0.05) is 0 Å². The highest BCUT2D eigenvalue weighted by molar-refractivity contribution is 5.76. The van der Waals surface area contributed by atoms with E-state index < -0.39 is 64.9 Å². The van der Waals surface area contributed by atoms with Gasteiger partial charge in [0.2, 0.25) is 12.5 Å². The summed E-state index contributed by atoms with van der Waals surface area (Å²) in [6, 6.07) is 5.73. The van der Waals surface area contributed by atoms with Crippen LogP contribution in [0.5, 0.6) is 28.7 Å². The molecule has 374 valence electrons. The third-order valence-electron chi connectivity index (χ3n) is 10.8. The van der Waals surface area contributed by atoms with Crippen LogP contribution in [-0.2, 0) is 23.7 Å². The Bertz CT molecular complexity index is 1980. The molecule has 0 radical (unpaired) electrons. The lowest BCUT2D eigenvalue weighted by Crippen LogP contribution is -2.48. The van der Waals surface area contributed by atoms with Crippen LogP contribution >= 0.6 is 0 Å². The number of methoxy groups -OCH3 is 3. The highest BCUT2D eigenvalue weighted by atomic mass is 16.7. The fourth-order valence-corrected chi connectivity index (χ4v) is 7.96. The predicted octanol–water partition coefficient (Wildman–Crippen LogP) is 7.26. The summed E-state index contributed by atoms with van der Waals surface area (Å²) >= 11 is 0. The standard InChI is InChI=1S/C48H73N5O14/c1-46(2,3)65-43(57)50-18-16-22-53(45(59)67-48(7,8)9)20-14-13-19-52(44(58)66-47(4,5)6)21-15-17-49-42(56)51-40-32-26-36-35(63-29-64-36)25-31(32)39(33(27-54)34(40)28-60-10)30-23-37(61-11)41(55)38(24-30)62-12/h23-27,33-34,39-40,55H,13-22,28-29H2,1-12H3,(H,50,57)(H2,49,51,56)/t33-,34-,39?,40+/m0/s1. The Hall–Kier alpha value is -5.85. The molecule has 1 aliphatic heterocycles. The highest BCUT2D eigenvalue weighted by Crippen LogP contribution is 2.53. The van der Waals surface area contributed by atoms with Gasteiger partial charge in [0.15, 0.2) is 23.0 Å². The molecule has 4 N–H and O–H groups in total. The van der Waals surface area contributed by atoms with Gasteiger partial charge in [0.1, 0.15) is 23.1 Å². The van der Waals surface area contributed by atoms with E-state index in [0.29, 0.717) is 80.1 Å². The number of phenolic OH excluding ortho intramolecular Hbond substituents is 1. The molecule has 19 heteroatoms. The minimum atomic E-state index is -0.751. The molecule has 4 rings (SSSR count). The number of nitrogens with one attached hydrogen (secondary N) is 3. The van der Waals surface area contributed by atoms with Crippen molar-refractivity contribution in [1.29, 1.82) is 0 Å². The van der Waals surface area contributed by atoms with Gasteiger partial charge in [-0.25, -0.2) is 19.2 Å². The van der Waals surface area contributed by atoms with Crippen LogP contribution in [0, 0.1) is 11.8 Å². The third kappa shape index (κ3) is 15.9. The Morgan fingerprint density at radius 3 is 1.64 bits per heavy atom. The van der Waals surface area contributed by atoms with Gasteiger partial charge in [0.25, 0.3) is 0 Å². The second kappa shape index (κ2) is 23.7. The van der Waals surface area contributed by atoms with Gasteiger partial charge < -0.3 is 73.5 Å². The van der Waals surface area contributed by atoms with Crippen molar-refractivity contribution in [2.45, 2.75) is 117 Å². The molecule has 0 aromatic heterocycles. The molecule has 2 aromatic carbocycles. The lowest BCUT2D eigenvalue weighted by atomic mass is 9.65. The number of amides is 5. The number of phenols is 1. The average Bonchev–Trinajstić information content (AvgIpc) is 3.69. The molecule has 19 nitrogen and oxygen atoms in total. The van der Waals surface area contributed by atoms with Crippen molar-refractivity contribution >= 4 is 30.6 Å². The van der Waals surface area contributed by atoms with E-state index in [1.807, 2.05) is 12.1 Å². The molecule has 5 amide bonds. The monoisotopic (exact) mass is 944 g/mol. The van der Waals surface area contributed by atoms with Crippen molar-refractivity contribution < 1.29 is 67.0 Å². The van der Waals surface area contributed by atoms with Crippen LogP contribution in [0.3, 0.4) is 0 Å². The molecule has 2 aromatic rings. The molecule has 1 unspecified atom stereocenters. The quantitative estimate of drug-likeness (QED) is 0.0583. The molecule has 1 aliphatic carbocycles. The smallest absolute Gasteiger partial charge is 0.410 e. The minimum absolute atomic E-state index is 0.00240. The van der Waals surface area contributed by atoms with E-state index in [1.54, 1.807) is 84.2 Å². The van der Waals surface area contributed by atoms with Crippen molar-refractivity contribution in [2.24, 2.45) is 11.8 Å². The number of carbonyl (C=O) groups is 5. The van der Waals surface area contributed by atoms with Crippen LogP contribution in [0.15, 0.2) is 24.3 Å². The fraction of sp³-hybridized carbons (Fsp3) is 0.646. The van der Waals surface area contributed by atoms with E-state index in [1.165, 1.54) is 21.3 Å². The fourth-order valence-electron chi connectivity index (χ4n) is 7.96. The van der Waals surface area contributed by atoms with Crippen molar-refractivity contribution in [2.75, 3.05) is 74.0 Å². The number of alkyl carbamates (subject to hydrolysis) is 1. The zero-order chi connectivity index (χ0) is 49.7. The van der Waals surface area contributed by atoms with Gasteiger partial charge in [-0.3, -0.25) is 0 Å². The lowest BCUT2D eigenvalue weighted by molar-refractivity contribution is -0.114. The molecule has 4 atom stereocenters. The van der Waals surface area contributed by atoms with E-state index in [9.17, 15) is 29.1 Å². The normalized spacial score (nSPS) is 17.6. The van der Waals surface area contributed by atoms with Crippen LogP contribution in [0.4, 0.5) is 19.2 Å². The molecule has 0 saturated heterocycles. The van der Waals surface area contributed by atoms with Gasteiger partial charge in [0, 0.05) is 64.1 Å². The van der Waals surface area contributed by atoms with Gasteiger partial charge in [0.05, 0.1) is 26.9 Å². The zero-order valence-corrected chi connectivity index (χ0v) is 41.3. The topological polar surface area (TPSA) is 222 Å². The van der Waals surface area contributed by atoms with Crippen LogP contribution < -0.4 is 34.9 Å². The highest BCUT2D eigenvalue weighted by Gasteiger charge is 2.46. The summed E-state index contributed by atoms with van der Waals surface area (Å²) in [7, 11) is 4.38. The van der Waals surface area contributed by atoms with Gasteiger partial charge in [-0.05, 0) is 129 Å². The second-order valence-corrected chi connectivity index (χ2v) is 19.6. The number of carbonyl (C=O) groups excluding carboxylic acids is 5. The number of aldehydes is 1. The Morgan fingerprint density at radius 2 is 1.18 bits per heavy atom. The van der Waals surface area contributed by atoms with Crippen LogP contribution in [-0.4, -0.2) is 136 Å². The summed E-state index contributed by atoms with van der Waals surface area (Å²) < 4.78 is 44.8. The Balaban J connectivity index is 1.44. The summed E-state index contributed by atoms with van der Waals surface area (Å²) in [5, 5.41) is 19.4. The summed E-state index contributed by atoms with van der Waals surface area (Å²) in [5.41, 5.74) is -0.0708. The third-order valence-corrected chi connectivity index (χ3v) is 10.8. The molecular formula is C48H73N5O14. The predicted molar refractivity (Wildman–Crippen MR) is 248 cm³/mol. The van der Waals surface area contributed by atoms with Crippen LogP contribution in [0.1, 0.15) is 117 Å². The molecule has 0 fully saturated rings. The Kier molecular flexibility index (Phi) is 19.1. The number of rotatable bonds is 20. The van der Waals surface area contributed by atoms with Gasteiger partial charge >= 0.3 is 24.3 Å². The first-order valence-electron chi connectivity index (χ1n) is 22.8. The number of ether oxygens (including phenoxy) is 8. The number of nitrogens with zero attached hydrogens (tertiary/aromatic N) is 2. The molecule has 0 saturated carbocycles. The molecule has 0 spiro atoms. The number of hydrogen-bond acceptors (Lipinski definition) is 14. The molecule has 0 bridgehead atoms. The maximum atomic E-state index is 13.8. The van der Waals surface area contributed by atoms with Gasteiger partial charge in [-0.15, -0.1) is 0 Å². The van der Waals surface area contributed by atoms with E-state index in [2.05, 4.69) is 16.0 Å². The number of aromatic hydroxyl groups is 1. The van der Waals surface area contributed by atoms with Crippen molar-refractivity contribution in [3.05, 3.63) is 41.0 Å². The number of hydrogen-bond donors (Lipinski definition) is 4.